The maximum Gasteiger partial charge on any atom is 0.306 e. The Bertz CT molecular complexity index is 1520. The summed E-state index contributed by atoms with van der Waals surface area (Å²) in [5, 5.41) is 8.15. The van der Waals surface area contributed by atoms with Crippen molar-refractivity contribution in [2.24, 2.45) is 5.41 Å². The van der Waals surface area contributed by atoms with Crippen molar-refractivity contribution in [2.45, 2.75) is 77.9 Å². The van der Waals surface area contributed by atoms with E-state index in [1.165, 1.54) is 18.2 Å². The number of aryl methyl sites for hydroxylation is 3. The maximum atomic E-state index is 15.6. The van der Waals surface area contributed by atoms with E-state index in [1.807, 2.05) is 11.6 Å². The normalized spacial score (nSPS) is 20.7. The number of benzene rings is 1. The zero-order chi connectivity index (χ0) is 31.2. The number of fused-ring (bicyclic) bond motifs is 1. The van der Waals surface area contributed by atoms with Crippen LogP contribution in [0.1, 0.15) is 73.3 Å². The van der Waals surface area contributed by atoms with E-state index >= 15 is 4.39 Å². The average Bonchev–Trinajstić information content (AvgIpc) is 3.48. The van der Waals surface area contributed by atoms with Gasteiger partial charge in [-0.2, -0.15) is 5.10 Å². The van der Waals surface area contributed by atoms with Crippen LogP contribution in [0.3, 0.4) is 0 Å². The van der Waals surface area contributed by atoms with Gasteiger partial charge >= 0.3 is 5.97 Å². The van der Waals surface area contributed by atoms with Crippen LogP contribution in [0.25, 0.3) is 5.69 Å². The SMILES string of the molecule is COC(=O)C[C@H](CN1CC2(CN(Cc3ccc4c(n3)NCCC4)CC2F)C1)c1cc(-n2nc(C)cc2C)cc(C(C)(C)C)c1. The Morgan fingerprint density at radius 3 is 2.61 bits per heavy atom. The molecule has 0 bridgehead atoms. The number of pyridine rings is 1. The van der Waals surface area contributed by atoms with Gasteiger partial charge in [0.05, 0.1) is 30.6 Å². The van der Waals surface area contributed by atoms with Crippen LogP contribution in [0.5, 0.6) is 0 Å². The summed E-state index contributed by atoms with van der Waals surface area (Å²) in [5.41, 5.74) is 7.11. The molecule has 1 N–H and O–H groups in total. The number of methoxy groups -OCH3 is 1. The second-order valence-corrected chi connectivity index (χ2v) is 14.4. The molecule has 6 rings (SSSR count). The Kier molecular flexibility index (Phi) is 8.30. The minimum absolute atomic E-state index is 0.0828. The Balaban J connectivity index is 1.18. The number of nitrogens with zero attached hydrogens (tertiary/aromatic N) is 5. The molecule has 0 amide bonds. The summed E-state index contributed by atoms with van der Waals surface area (Å²) in [6.45, 7) is 15.5. The van der Waals surface area contributed by atoms with Crippen molar-refractivity contribution in [3.05, 3.63) is 70.2 Å². The minimum Gasteiger partial charge on any atom is -0.469 e. The molecule has 9 heteroatoms. The van der Waals surface area contributed by atoms with E-state index in [0.717, 1.165) is 60.1 Å². The lowest BCUT2D eigenvalue weighted by atomic mass is 9.76. The van der Waals surface area contributed by atoms with E-state index in [0.29, 0.717) is 32.7 Å². The standard InChI is InChI=1S/C35H47FN6O2/c1-23-12-24(2)42(39-23)30-14-26(13-28(16-30)34(3,4)5)27(15-32(43)44-6)17-41-21-35(22-41)20-40(19-31(35)36)18-29-10-9-25-8-7-11-37-33(25)38-29/h9-10,12-14,16,27,31H,7-8,11,15,17-22H2,1-6H3,(H,37,38)/t27-,31?/m1/s1. The Morgan fingerprint density at radius 2 is 1.91 bits per heavy atom. The molecule has 2 fully saturated rings. The van der Waals surface area contributed by atoms with E-state index in [-0.39, 0.29) is 29.1 Å². The molecule has 3 aliphatic rings. The summed E-state index contributed by atoms with van der Waals surface area (Å²) in [6, 6.07) is 12.9. The lowest BCUT2D eigenvalue weighted by molar-refractivity contribution is -0.141. The number of alkyl halides is 1. The van der Waals surface area contributed by atoms with Crippen LogP contribution < -0.4 is 5.32 Å². The van der Waals surface area contributed by atoms with E-state index < -0.39 is 6.17 Å². The number of aromatic nitrogens is 3. The fourth-order valence-corrected chi connectivity index (χ4v) is 7.31. The largest absolute Gasteiger partial charge is 0.469 e. The Labute approximate surface area is 261 Å². The summed E-state index contributed by atoms with van der Waals surface area (Å²) >= 11 is 0. The van der Waals surface area contributed by atoms with Gasteiger partial charge < -0.3 is 15.0 Å². The van der Waals surface area contributed by atoms with E-state index in [9.17, 15) is 4.79 Å². The molecule has 1 aromatic carbocycles. The van der Waals surface area contributed by atoms with Gasteiger partial charge in [-0.15, -0.1) is 0 Å². The maximum absolute atomic E-state index is 15.6. The summed E-state index contributed by atoms with van der Waals surface area (Å²) in [6.07, 6.45) is 1.59. The monoisotopic (exact) mass is 602 g/mol. The van der Waals surface area contributed by atoms with Crippen LogP contribution in [0.15, 0.2) is 36.4 Å². The lowest BCUT2D eigenvalue weighted by Gasteiger charge is -2.50. The fraction of sp³-hybridized carbons (Fsp3) is 0.571. The third kappa shape index (κ3) is 6.26. The van der Waals surface area contributed by atoms with Crippen molar-refractivity contribution in [1.82, 2.24) is 24.6 Å². The zero-order valence-corrected chi connectivity index (χ0v) is 27.1. The van der Waals surface area contributed by atoms with Crippen molar-refractivity contribution < 1.29 is 13.9 Å². The number of halogens is 1. The molecular weight excluding hydrogens is 555 g/mol. The van der Waals surface area contributed by atoms with Crippen LogP contribution in [0.2, 0.25) is 0 Å². The predicted molar refractivity (Wildman–Crippen MR) is 171 cm³/mol. The molecule has 3 aliphatic heterocycles. The molecule has 3 aromatic rings. The van der Waals surface area contributed by atoms with Gasteiger partial charge in [0.25, 0.3) is 0 Å². The molecular formula is C35H47FN6O2. The number of likely N-dealkylation sites (tertiary alicyclic amines) is 2. The van der Waals surface area contributed by atoms with Crippen molar-refractivity contribution >= 4 is 11.8 Å². The number of hydrogen-bond acceptors (Lipinski definition) is 7. The van der Waals surface area contributed by atoms with Crippen LogP contribution >= 0.6 is 0 Å². The smallest absolute Gasteiger partial charge is 0.306 e. The fourth-order valence-electron chi connectivity index (χ4n) is 7.31. The van der Waals surface area contributed by atoms with Crippen molar-refractivity contribution in [3.63, 3.8) is 0 Å². The number of carbonyl (C=O) groups is 1. The van der Waals surface area contributed by atoms with E-state index in [1.54, 1.807) is 0 Å². The molecule has 2 aromatic heterocycles. The highest BCUT2D eigenvalue weighted by molar-refractivity contribution is 5.70. The first-order valence-electron chi connectivity index (χ1n) is 16.0. The van der Waals surface area contributed by atoms with Gasteiger partial charge in [0, 0.05) is 62.8 Å². The first kappa shape index (κ1) is 30.7. The van der Waals surface area contributed by atoms with Crippen LogP contribution in [0.4, 0.5) is 10.2 Å². The van der Waals surface area contributed by atoms with Gasteiger partial charge in [0.1, 0.15) is 12.0 Å². The number of nitrogens with one attached hydrogen (secondary N) is 1. The quantitative estimate of drug-likeness (QED) is 0.349. The third-order valence-electron chi connectivity index (χ3n) is 9.69. The van der Waals surface area contributed by atoms with E-state index in [2.05, 4.69) is 79.2 Å². The van der Waals surface area contributed by atoms with Crippen molar-refractivity contribution in [2.75, 3.05) is 51.7 Å². The van der Waals surface area contributed by atoms with Crippen LogP contribution in [-0.2, 0) is 27.9 Å². The number of ether oxygens (including phenoxy) is 1. The van der Waals surface area contributed by atoms with E-state index in [4.69, 9.17) is 14.8 Å². The summed E-state index contributed by atoms with van der Waals surface area (Å²) in [5.74, 6) is 0.671. The van der Waals surface area contributed by atoms with Gasteiger partial charge in [-0.3, -0.25) is 9.69 Å². The molecule has 5 heterocycles. The highest BCUT2D eigenvalue weighted by Crippen LogP contribution is 2.43. The average molecular weight is 603 g/mol. The van der Waals surface area contributed by atoms with Gasteiger partial charge in [0.2, 0.25) is 0 Å². The van der Waals surface area contributed by atoms with Crippen LogP contribution in [-0.4, -0.2) is 83.1 Å². The molecule has 8 nitrogen and oxygen atoms in total. The second-order valence-electron chi connectivity index (χ2n) is 14.4. The Hall–Kier alpha value is -3.30. The molecule has 44 heavy (non-hydrogen) atoms. The number of rotatable bonds is 8. The predicted octanol–water partition coefficient (Wildman–Crippen LogP) is 5.34. The minimum atomic E-state index is -0.879. The van der Waals surface area contributed by atoms with Gasteiger partial charge in [-0.1, -0.05) is 32.9 Å². The first-order chi connectivity index (χ1) is 20.9. The molecule has 0 aliphatic carbocycles. The number of esters is 1. The summed E-state index contributed by atoms with van der Waals surface area (Å²) in [4.78, 5) is 22.0. The summed E-state index contributed by atoms with van der Waals surface area (Å²) in [7, 11) is 1.44. The first-order valence-corrected chi connectivity index (χ1v) is 16.0. The lowest BCUT2D eigenvalue weighted by Crippen LogP contribution is -2.61. The summed E-state index contributed by atoms with van der Waals surface area (Å²) < 4.78 is 22.7. The Morgan fingerprint density at radius 1 is 1.14 bits per heavy atom. The molecule has 1 spiro atoms. The zero-order valence-electron chi connectivity index (χ0n) is 27.1. The molecule has 236 valence electrons. The number of anilines is 1. The van der Waals surface area contributed by atoms with Crippen molar-refractivity contribution in [3.8, 4) is 5.69 Å². The highest BCUT2D eigenvalue weighted by Gasteiger charge is 2.54. The van der Waals surface area contributed by atoms with Gasteiger partial charge in [0.15, 0.2) is 0 Å². The van der Waals surface area contributed by atoms with Crippen LogP contribution in [0, 0.1) is 19.3 Å². The van der Waals surface area contributed by atoms with Crippen molar-refractivity contribution in [1.29, 1.82) is 0 Å². The molecule has 2 saturated heterocycles. The van der Waals surface area contributed by atoms with Gasteiger partial charge in [-0.05, 0) is 73.1 Å². The molecule has 0 saturated carbocycles. The van der Waals surface area contributed by atoms with Gasteiger partial charge in [-0.25, -0.2) is 14.1 Å². The highest BCUT2D eigenvalue weighted by atomic mass is 19.1. The number of carbonyl (C=O) groups excluding carboxylic acids is 1. The topological polar surface area (TPSA) is 75.5 Å². The molecule has 1 unspecified atom stereocenters. The number of hydrogen-bond donors (Lipinski definition) is 1. The molecule has 2 atom stereocenters. The second kappa shape index (κ2) is 11.9. The molecule has 0 radical (unpaired) electrons. The third-order valence-corrected chi connectivity index (χ3v) is 9.69.